The Morgan fingerprint density at radius 1 is 0.205 bits per heavy atom. The van der Waals surface area contributed by atoms with Gasteiger partial charge in [0, 0.05) is 67.8 Å². The van der Waals surface area contributed by atoms with Gasteiger partial charge in [0.1, 0.15) is 22.3 Å². The summed E-state index contributed by atoms with van der Waals surface area (Å²) in [5.74, 6) is 0. The molecule has 0 fully saturated rings. The zero-order chi connectivity index (χ0) is 57.9. The number of rotatable bonds is 10. The molecule has 4 nitrogen and oxygen atoms in total. The lowest BCUT2D eigenvalue weighted by atomic mass is 9.67. The molecule has 0 aliphatic heterocycles. The van der Waals surface area contributed by atoms with Crippen molar-refractivity contribution in [3.63, 3.8) is 0 Å². The van der Waals surface area contributed by atoms with Gasteiger partial charge in [0.05, 0.1) is 10.8 Å². The average Bonchev–Trinajstić information content (AvgIpc) is 1.58. The summed E-state index contributed by atoms with van der Waals surface area (Å²) < 4.78 is 13.2. The van der Waals surface area contributed by atoms with E-state index in [4.69, 9.17) is 8.83 Å². The molecule has 0 amide bonds. The van der Waals surface area contributed by atoms with Gasteiger partial charge < -0.3 is 18.6 Å². The Bertz CT molecular complexity index is 4970. The van der Waals surface area contributed by atoms with Crippen molar-refractivity contribution in [2.45, 2.75) is 10.8 Å². The highest BCUT2D eigenvalue weighted by Crippen LogP contribution is 2.63. The third-order valence-electron chi connectivity index (χ3n) is 19.0. The first-order chi connectivity index (χ1) is 43.6. The van der Waals surface area contributed by atoms with Crippen molar-refractivity contribution < 1.29 is 8.83 Å². The van der Waals surface area contributed by atoms with Crippen molar-refractivity contribution in [3.05, 3.63) is 372 Å². The van der Waals surface area contributed by atoms with Gasteiger partial charge in [-0.15, -0.1) is 0 Å². The predicted molar refractivity (Wildman–Crippen MR) is 362 cm³/mol. The van der Waals surface area contributed by atoms with Crippen LogP contribution in [0.25, 0.3) is 76.9 Å². The van der Waals surface area contributed by atoms with E-state index in [9.17, 15) is 0 Å². The van der Waals surface area contributed by atoms with E-state index in [-0.39, 0.29) is 0 Å². The van der Waals surface area contributed by atoms with Crippen LogP contribution in [0.3, 0.4) is 0 Å². The molecule has 2 aliphatic carbocycles. The van der Waals surface area contributed by atoms with E-state index in [1.54, 1.807) is 0 Å². The van der Waals surface area contributed by atoms with Crippen LogP contribution in [-0.4, -0.2) is 0 Å². The van der Waals surface area contributed by atoms with E-state index in [0.29, 0.717) is 0 Å². The Hall–Kier alpha value is -11.5. The van der Waals surface area contributed by atoms with Gasteiger partial charge >= 0.3 is 0 Å². The van der Waals surface area contributed by atoms with E-state index in [1.165, 1.54) is 77.5 Å². The summed E-state index contributed by atoms with van der Waals surface area (Å²) in [7, 11) is 0. The number of hydrogen-bond acceptors (Lipinski definition) is 4. The Kier molecular flexibility index (Phi) is 11.1. The fraction of sp³-hybridized carbons (Fsp3) is 0.0238. The van der Waals surface area contributed by atoms with Crippen molar-refractivity contribution in [2.75, 3.05) is 9.80 Å². The van der Waals surface area contributed by atoms with Gasteiger partial charge in [-0.3, -0.25) is 0 Å². The molecule has 18 rings (SSSR count). The normalized spacial score (nSPS) is 13.4. The van der Waals surface area contributed by atoms with Gasteiger partial charge in [0.15, 0.2) is 0 Å². The van der Waals surface area contributed by atoms with Crippen LogP contribution in [0, 0.1) is 0 Å². The van der Waals surface area contributed by atoms with E-state index in [1.807, 2.05) is 12.1 Å². The molecule has 0 bridgehead atoms. The second-order valence-corrected chi connectivity index (χ2v) is 23.4. The molecule has 0 spiro atoms. The number of benzene rings is 14. The summed E-state index contributed by atoms with van der Waals surface area (Å²) in [6, 6.07) is 120. The van der Waals surface area contributed by atoms with Gasteiger partial charge in [-0.25, -0.2) is 0 Å². The van der Waals surface area contributed by atoms with Crippen LogP contribution in [0.15, 0.2) is 336 Å². The molecule has 2 aliphatic rings. The minimum Gasteiger partial charge on any atom is -0.456 e. The molecule has 88 heavy (non-hydrogen) atoms. The summed E-state index contributed by atoms with van der Waals surface area (Å²) in [6.45, 7) is 0. The van der Waals surface area contributed by atoms with Crippen LogP contribution in [0.1, 0.15) is 44.5 Å². The van der Waals surface area contributed by atoms with Crippen LogP contribution >= 0.6 is 0 Å². The number of hydrogen-bond donors (Lipinski definition) is 0. The maximum atomic E-state index is 6.58. The first kappa shape index (κ1) is 49.9. The first-order valence-corrected chi connectivity index (χ1v) is 30.3. The zero-order valence-corrected chi connectivity index (χ0v) is 47.9. The van der Waals surface area contributed by atoms with Crippen LogP contribution in [0.5, 0.6) is 0 Å². The molecule has 2 aromatic heterocycles. The fourth-order valence-electron chi connectivity index (χ4n) is 15.4. The van der Waals surface area contributed by atoms with Crippen molar-refractivity contribution in [2.24, 2.45) is 0 Å². The lowest BCUT2D eigenvalue weighted by Gasteiger charge is -2.35. The Labute approximate surface area is 509 Å². The molecule has 0 unspecified atom stereocenters. The number of furan rings is 2. The molecule has 0 atom stereocenters. The molecule has 2 heterocycles. The lowest BCUT2D eigenvalue weighted by molar-refractivity contribution is 0.668. The standard InChI is InChI=1S/C84H54N2O2/c1-7-23-55(24-8-1)83(56-25-9-2-10-26-56)73-49-47-70-69(81(73)71-45-41-61(51-75(71)83)85(59-31-15-5-16-32-59)63-39-43-67-65-35-19-21-37-77(65)87-79(67)53-63)48-50-74-82(70)72-46-42-62(52-76(72)84(74,57-27-11-3-12-28-57)58-29-13-4-14-30-58)86(60-33-17-6-18-34-60)64-40-44-68-66-36-20-22-38-78(66)88-80(68)54-64/h1-54H. The molecule has 0 N–H and O–H groups in total. The molecular formula is C84H54N2O2. The minimum atomic E-state index is -0.696. The van der Waals surface area contributed by atoms with Gasteiger partial charge in [-0.05, 0) is 162 Å². The van der Waals surface area contributed by atoms with Gasteiger partial charge in [0.2, 0.25) is 0 Å². The summed E-state index contributed by atoms with van der Waals surface area (Å²) in [4.78, 5) is 4.77. The van der Waals surface area contributed by atoms with Gasteiger partial charge in [-0.1, -0.05) is 231 Å². The number of nitrogens with zero attached hydrogens (tertiary/aromatic N) is 2. The van der Waals surface area contributed by atoms with Crippen LogP contribution in [-0.2, 0) is 10.8 Å². The number of fused-ring (bicyclic) bond motifs is 15. The Morgan fingerprint density at radius 3 is 0.875 bits per heavy atom. The highest BCUT2D eigenvalue weighted by molar-refractivity contribution is 6.13. The summed E-state index contributed by atoms with van der Waals surface area (Å²) in [5.41, 5.74) is 23.0. The largest absolute Gasteiger partial charge is 0.456 e. The van der Waals surface area contributed by atoms with E-state index >= 15 is 0 Å². The van der Waals surface area contributed by atoms with Crippen LogP contribution < -0.4 is 9.80 Å². The topological polar surface area (TPSA) is 32.8 Å². The lowest BCUT2D eigenvalue weighted by Crippen LogP contribution is -2.29. The van der Waals surface area contributed by atoms with Crippen LogP contribution in [0.4, 0.5) is 34.1 Å². The highest BCUT2D eigenvalue weighted by atomic mass is 16.3. The third kappa shape index (κ3) is 7.20. The van der Waals surface area contributed by atoms with E-state index < -0.39 is 10.8 Å². The van der Waals surface area contributed by atoms with Crippen molar-refractivity contribution >= 4 is 88.8 Å². The minimum absolute atomic E-state index is 0.696. The van der Waals surface area contributed by atoms with Gasteiger partial charge in [0.25, 0.3) is 0 Å². The maximum absolute atomic E-state index is 6.58. The van der Waals surface area contributed by atoms with Crippen molar-refractivity contribution in [1.82, 2.24) is 0 Å². The highest BCUT2D eigenvalue weighted by Gasteiger charge is 2.50. The van der Waals surface area contributed by atoms with Crippen molar-refractivity contribution in [3.8, 4) is 22.3 Å². The SMILES string of the molecule is c1ccc(N(c2ccc3c(c2)C(c2ccccc2)(c2ccccc2)c2ccc4c5c(ccc4c2-3)C(c2ccccc2)(c2ccccc2)c2cc(N(c3ccccc3)c3ccc4c(c3)oc3ccccc34)ccc2-5)c2ccc3c(c2)oc2ccccc23)cc1. The molecule has 16 aromatic rings. The molecule has 0 saturated carbocycles. The summed E-state index contributed by atoms with van der Waals surface area (Å²) in [5, 5.41) is 6.85. The monoisotopic (exact) mass is 1120 g/mol. The second-order valence-electron chi connectivity index (χ2n) is 23.4. The molecule has 4 heteroatoms. The Balaban J connectivity index is 0.897. The first-order valence-electron chi connectivity index (χ1n) is 30.3. The quantitative estimate of drug-likeness (QED) is 0.137. The average molecular weight is 1120 g/mol. The molecule has 0 radical (unpaired) electrons. The number of anilines is 6. The Morgan fingerprint density at radius 2 is 0.500 bits per heavy atom. The van der Waals surface area contributed by atoms with Crippen LogP contribution in [0.2, 0.25) is 0 Å². The van der Waals surface area contributed by atoms with E-state index in [0.717, 1.165) is 78.0 Å². The predicted octanol–water partition coefficient (Wildman–Crippen LogP) is 22.3. The second kappa shape index (κ2) is 19.5. The molecule has 0 saturated heterocycles. The smallest absolute Gasteiger partial charge is 0.137 e. The molecule has 14 aromatic carbocycles. The molecular weight excluding hydrogens is 1070 g/mol. The third-order valence-corrected chi connectivity index (χ3v) is 19.0. The summed E-state index contributed by atoms with van der Waals surface area (Å²) >= 11 is 0. The fourth-order valence-corrected chi connectivity index (χ4v) is 15.4. The molecule has 412 valence electrons. The maximum Gasteiger partial charge on any atom is 0.137 e. The van der Waals surface area contributed by atoms with E-state index in [2.05, 4.69) is 325 Å². The zero-order valence-electron chi connectivity index (χ0n) is 47.9. The number of para-hydroxylation sites is 4. The van der Waals surface area contributed by atoms with Gasteiger partial charge in [-0.2, -0.15) is 0 Å². The summed E-state index contributed by atoms with van der Waals surface area (Å²) in [6.07, 6.45) is 0. The van der Waals surface area contributed by atoms with Crippen molar-refractivity contribution in [1.29, 1.82) is 0 Å².